The Morgan fingerprint density at radius 3 is 2.97 bits per heavy atom. The van der Waals surface area contributed by atoms with Crippen molar-refractivity contribution in [3.63, 3.8) is 0 Å². The highest BCUT2D eigenvalue weighted by atomic mass is 16.3. The van der Waals surface area contributed by atoms with Gasteiger partial charge in [0.15, 0.2) is 0 Å². The van der Waals surface area contributed by atoms with Crippen molar-refractivity contribution in [2.75, 3.05) is 31.6 Å². The van der Waals surface area contributed by atoms with Gasteiger partial charge in [0.05, 0.1) is 29.1 Å². The highest BCUT2D eigenvalue weighted by Crippen LogP contribution is 2.28. The number of rotatable bonds is 3. The average Bonchev–Trinajstić information content (AvgIpc) is 3.42. The van der Waals surface area contributed by atoms with Gasteiger partial charge in [0.2, 0.25) is 5.91 Å². The fraction of sp³-hybridized carbons (Fsp3) is 0.435. The summed E-state index contributed by atoms with van der Waals surface area (Å²) < 4.78 is 2.16. The first kappa shape index (κ1) is 20.0. The number of anilines is 1. The molecule has 0 spiro atoms. The molecule has 1 amide bonds. The van der Waals surface area contributed by atoms with Crippen LogP contribution in [-0.2, 0) is 11.3 Å². The Balaban J connectivity index is 1.54. The molecule has 1 aromatic carbocycles. The number of aromatic nitrogens is 3. The number of hydrogen-bond acceptors (Lipinski definition) is 6. The summed E-state index contributed by atoms with van der Waals surface area (Å²) in [5.41, 5.74) is 3.98. The first-order valence-corrected chi connectivity index (χ1v) is 11.0. The number of aryl methyl sites for hydroxylation is 1. The van der Waals surface area contributed by atoms with Gasteiger partial charge in [0.25, 0.3) is 0 Å². The van der Waals surface area contributed by atoms with Crippen molar-refractivity contribution < 1.29 is 9.90 Å². The first-order valence-electron chi connectivity index (χ1n) is 11.0. The molecule has 31 heavy (non-hydrogen) atoms. The molecule has 0 aliphatic carbocycles. The molecule has 162 valence electrons. The second-order valence-electron chi connectivity index (χ2n) is 8.31. The Labute approximate surface area is 181 Å². The molecule has 8 nitrogen and oxygen atoms in total. The third-order valence-corrected chi connectivity index (χ3v) is 6.17. The topological polar surface area (TPSA) is 95.3 Å². The fourth-order valence-corrected chi connectivity index (χ4v) is 4.66. The maximum Gasteiger partial charge on any atom is 0.239 e. The van der Waals surface area contributed by atoms with Crippen molar-refractivity contribution in [1.82, 2.24) is 24.8 Å². The van der Waals surface area contributed by atoms with E-state index < -0.39 is 0 Å². The minimum Gasteiger partial charge on any atom is -0.396 e. The summed E-state index contributed by atoms with van der Waals surface area (Å²) in [5, 5.41) is 16.2. The molecular formula is C23H28N6O2. The molecule has 4 bridgehead atoms. The Kier molecular flexibility index (Phi) is 5.57. The largest absolute Gasteiger partial charge is 0.396 e. The van der Waals surface area contributed by atoms with Crippen LogP contribution in [0.25, 0.3) is 22.3 Å². The van der Waals surface area contributed by atoms with E-state index in [1.165, 1.54) is 0 Å². The lowest BCUT2D eigenvalue weighted by Gasteiger charge is -2.26. The SMILES string of the molecule is O=C1[C@@H]2C[C@@H](CN2)Nc2cccc(n2)-c2cccc3ncn(c23)CCCN1CCCO. The van der Waals surface area contributed by atoms with Gasteiger partial charge in [-0.3, -0.25) is 4.79 Å². The molecule has 1 saturated heterocycles. The molecule has 0 radical (unpaired) electrons. The van der Waals surface area contributed by atoms with E-state index in [4.69, 9.17) is 4.98 Å². The third-order valence-electron chi connectivity index (χ3n) is 6.17. The number of carbonyl (C=O) groups excluding carboxylic acids is 1. The number of nitrogens with zero attached hydrogens (tertiary/aromatic N) is 4. The van der Waals surface area contributed by atoms with Crippen LogP contribution in [0.15, 0.2) is 42.7 Å². The molecule has 8 heteroatoms. The number of pyridine rings is 1. The lowest BCUT2D eigenvalue weighted by atomic mass is 10.1. The number of para-hydroxylation sites is 1. The molecule has 2 aliphatic rings. The van der Waals surface area contributed by atoms with E-state index in [2.05, 4.69) is 26.3 Å². The van der Waals surface area contributed by atoms with Crippen LogP contribution in [0.5, 0.6) is 0 Å². The Bertz CT molecular complexity index is 1080. The van der Waals surface area contributed by atoms with Gasteiger partial charge >= 0.3 is 0 Å². The van der Waals surface area contributed by atoms with Crippen LogP contribution in [0.2, 0.25) is 0 Å². The molecule has 5 rings (SSSR count). The Hall–Kier alpha value is -2.97. The number of amides is 1. The zero-order chi connectivity index (χ0) is 21.2. The zero-order valence-corrected chi connectivity index (χ0v) is 17.5. The van der Waals surface area contributed by atoms with Gasteiger partial charge in [0.1, 0.15) is 5.82 Å². The van der Waals surface area contributed by atoms with Crippen molar-refractivity contribution in [2.45, 2.75) is 37.9 Å². The van der Waals surface area contributed by atoms with E-state index in [9.17, 15) is 9.90 Å². The number of imidazole rings is 1. The minimum absolute atomic E-state index is 0.0862. The predicted octanol–water partition coefficient (Wildman–Crippen LogP) is 1.86. The van der Waals surface area contributed by atoms with Crippen molar-refractivity contribution in [2.24, 2.45) is 0 Å². The number of aliphatic hydroxyl groups is 1. The van der Waals surface area contributed by atoms with Gasteiger partial charge in [-0.15, -0.1) is 0 Å². The van der Waals surface area contributed by atoms with Gasteiger partial charge < -0.3 is 25.2 Å². The number of carbonyl (C=O) groups is 1. The van der Waals surface area contributed by atoms with Crippen molar-refractivity contribution in [1.29, 1.82) is 0 Å². The van der Waals surface area contributed by atoms with Gasteiger partial charge in [-0.05, 0) is 37.5 Å². The quantitative estimate of drug-likeness (QED) is 0.599. The summed E-state index contributed by atoms with van der Waals surface area (Å²) in [6.45, 7) is 2.79. The lowest BCUT2D eigenvalue weighted by Crippen LogP contribution is -2.44. The fourth-order valence-electron chi connectivity index (χ4n) is 4.66. The van der Waals surface area contributed by atoms with E-state index in [1.54, 1.807) is 0 Å². The summed E-state index contributed by atoms with van der Waals surface area (Å²) in [5.74, 6) is 0.929. The summed E-state index contributed by atoms with van der Waals surface area (Å²) in [7, 11) is 0. The van der Waals surface area contributed by atoms with Crippen molar-refractivity contribution in [3.05, 3.63) is 42.7 Å². The monoisotopic (exact) mass is 420 g/mol. The maximum absolute atomic E-state index is 13.2. The molecule has 4 heterocycles. The third kappa shape index (κ3) is 4.00. The van der Waals surface area contributed by atoms with Gasteiger partial charge in [-0.1, -0.05) is 18.2 Å². The molecule has 1 fully saturated rings. The zero-order valence-electron chi connectivity index (χ0n) is 17.5. The standard InChI is InChI=1S/C23H28N6O2/c30-12-4-11-28-9-3-10-29-15-25-19-7-1-5-17(22(19)29)18-6-2-8-21(27-18)26-16-13-20(23(28)31)24-14-16/h1-2,5-8,15-16,20,24,30H,3-4,9-14H2,(H,26,27)/t16-,20-/m0/s1. The molecule has 0 unspecified atom stereocenters. The number of nitrogens with one attached hydrogen (secondary N) is 2. The van der Waals surface area contributed by atoms with Crippen LogP contribution in [0.1, 0.15) is 19.3 Å². The van der Waals surface area contributed by atoms with Crippen LogP contribution in [0.4, 0.5) is 5.82 Å². The van der Waals surface area contributed by atoms with E-state index in [-0.39, 0.29) is 24.6 Å². The highest BCUT2D eigenvalue weighted by Gasteiger charge is 2.32. The van der Waals surface area contributed by atoms with E-state index >= 15 is 0 Å². The lowest BCUT2D eigenvalue weighted by molar-refractivity contribution is -0.133. The normalized spacial score (nSPS) is 21.6. The number of fused-ring (bicyclic) bond motifs is 5. The average molecular weight is 421 g/mol. The maximum atomic E-state index is 13.2. The second-order valence-corrected chi connectivity index (χ2v) is 8.31. The van der Waals surface area contributed by atoms with Crippen molar-refractivity contribution in [3.8, 4) is 11.3 Å². The highest BCUT2D eigenvalue weighted by molar-refractivity contribution is 5.91. The van der Waals surface area contributed by atoms with Crippen LogP contribution < -0.4 is 10.6 Å². The Morgan fingerprint density at radius 1 is 1.16 bits per heavy atom. The van der Waals surface area contributed by atoms with Crippen LogP contribution in [0, 0.1) is 0 Å². The Morgan fingerprint density at radius 2 is 2.06 bits per heavy atom. The van der Waals surface area contributed by atoms with Crippen LogP contribution >= 0.6 is 0 Å². The van der Waals surface area contributed by atoms with Gasteiger partial charge in [0, 0.05) is 44.4 Å². The smallest absolute Gasteiger partial charge is 0.239 e. The number of benzene rings is 1. The molecule has 2 aliphatic heterocycles. The van der Waals surface area contributed by atoms with Gasteiger partial charge in [-0.2, -0.15) is 0 Å². The molecule has 2 aromatic heterocycles. The summed E-state index contributed by atoms with van der Waals surface area (Å²) in [6.07, 6.45) is 4.00. The molecule has 3 N–H and O–H groups in total. The predicted molar refractivity (Wildman–Crippen MR) is 120 cm³/mol. The van der Waals surface area contributed by atoms with E-state index in [0.717, 1.165) is 54.0 Å². The molecule has 0 saturated carbocycles. The second kappa shape index (κ2) is 8.64. The summed E-state index contributed by atoms with van der Waals surface area (Å²) in [6, 6.07) is 12.1. The van der Waals surface area contributed by atoms with E-state index in [1.807, 2.05) is 41.6 Å². The molecule has 3 aromatic rings. The van der Waals surface area contributed by atoms with E-state index in [0.29, 0.717) is 19.5 Å². The van der Waals surface area contributed by atoms with Crippen molar-refractivity contribution >= 4 is 22.8 Å². The van der Waals surface area contributed by atoms with Crippen LogP contribution in [-0.4, -0.2) is 68.8 Å². The number of hydrogen-bond donors (Lipinski definition) is 3. The van der Waals surface area contributed by atoms with Crippen LogP contribution in [0.3, 0.4) is 0 Å². The summed E-state index contributed by atoms with van der Waals surface area (Å²) in [4.78, 5) is 24.5. The van der Waals surface area contributed by atoms with Gasteiger partial charge in [-0.25, -0.2) is 9.97 Å². The summed E-state index contributed by atoms with van der Waals surface area (Å²) >= 11 is 0. The number of aliphatic hydroxyl groups excluding tert-OH is 1. The molecule has 2 atom stereocenters. The first-order chi connectivity index (χ1) is 15.2. The molecular weight excluding hydrogens is 392 g/mol. The minimum atomic E-state index is -0.207.